The van der Waals surface area contributed by atoms with Crippen molar-refractivity contribution in [3.05, 3.63) is 115 Å². The number of rotatable bonds is 2. The monoisotopic (exact) mass is 501 g/mol. The highest BCUT2D eigenvalue weighted by Gasteiger charge is 2.23. The zero-order valence-corrected chi connectivity index (χ0v) is 21.1. The minimum absolute atomic E-state index is 0.898. The molecule has 0 unspecified atom stereocenters. The number of benzene rings is 4. The first-order chi connectivity index (χ1) is 19.4. The second kappa shape index (κ2) is 7.71. The van der Waals surface area contributed by atoms with Crippen LogP contribution in [-0.2, 0) is 0 Å². The van der Waals surface area contributed by atoms with Gasteiger partial charge in [-0.25, -0.2) is 4.98 Å². The van der Waals surface area contributed by atoms with Crippen LogP contribution in [0.2, 0.25) is 0 Å². The Morgan fingerprint density at radius 2 is 1.41 bits per heavy atom. The summed E-state index contributed by atoms with van der Waals surface area (Å²) in [6, 6.07) is 32.1. The fraction of sp³-hybridized carbons (Fsp3) is 0.0571. The summed E-state index contributed by atoms with van der Waals surface area (Å²) >= 11 is 0. The molecular weight excluding hydrogens is 478 g/mol. The number of para-hydroxylation sites is 4. The Morgan fingerprint density at radius 1 is 0.667 bits per heavy atom. The number of hydrogen-bond acceptors (Lipinski definition) is 2. The molecule has 0 spiro atoms. The van der Waals surface area contributed by atoms with Crippen LogP contribution in [0, 0.1) is 0 Å². The van der Waals surface area contributed by atoms with Crippen molar-refractivity contribution in [3.8, 4) is 5.69 Å². The molecule has 0 saturated carbocycles. The second-order valence-electron chi connectivity index (χ2n) is 10.3. The van der Waals surface area contributed by atoms with Crippen LogP contribution < -0.4 is 0 Å². The maximum absolute atomic E-state index is 6.55. The molecule has 0 aliphatic heterocycles. The molecule has 8 aromatic rings. The highest BCUT2D eigenvalue weighted by molar-refractivity contribution is 6.25. The zero-order chi connectivity index (χ0) is 25.5. The van der Waals surface area contributed by atoms with E-state index in [4.69, 9.17) is 9.40 Å². The summed E-state index contributed by atoms with van der Waals surface area (Å²) in [6.45, 7) is 0. The fourth-order valence-electron chi connectivity index (χ4n) is 6.58. The molecule has 4 heterocycles. The number of furan rings is 1. The van der Waals surface area contributed by atoms with Gasteiger partial charge in [0.15, 0.2) is 5.58 Å². The minimum atomic E-state index is 0.898. The van der Waals surface area contributed by atoms with Gasteiger partial charge in [-0.1, -0.05) is 78.9 Å². The van der Waals surface area contributed by atoms with Crippen molar-refractivity contribution in [3.63, 3.8) is 0 Å². The maximum Gasteiger partial charge on any atom is 0.159 e. The molecule has 4 nitrogen and oxygen atoms in total. The van der Waals surface area contributed by atoms with Crippen molar-refractivity contribution in [1.29, 1.82) is 0 Å². The van der Waals surface area contributed by atoms with Gasteiger partial charge in [0, 0.05) is 38.8 Å². The van der Waals surface area contributed by atoms with E-state index in [-0.39, 0.29) is 0 Å². The lowest BCUT2D eigenvalue weighted by atomic mass is 10.1. The largest absolute Gasteiger partial charge is 0.454 e. The van der Waals surface area contributed by atoms with Crippen molar-refractivity contribution < 1.29 is 4.42 Å². The minimum Gasteiger partial charge on any atom is -0.454 e. The molecule has 0 atom stereocenters. The molecule has 1 aliphatic carbocycles. The van der Waals surface area contributed by atoms with Crippen LogP contribution in [0.4, 0.5) is 0 Å². The third-order valence-corrected chi connectivity index (χ3v) is 8.22. The smallest absolute Gasteiger partial charge is 0.159 e. The Kier molecular flexibility index (Phi) is 4.14. The molecule has 4 aromatic carbocycles. The number of pyridine rings is 1. The van der Waals surface area contributed by atoms with Crippen LogP contribution in [0.25, 0.3) is 77.1 Å². The number of allylic oxidation sites excluding steroid dienone is 4. The Labute approximate surface area is 223 Å². The molecule has 184 valence electrons. The van der Waals surface area contributed by atoms with Crippen LogP contribution >= 0.6 is 0 Å². The van der Waals surface area contributed by atoms with Crippen LogP contribution in [-0.4, -0.2) is 14.1 Å². The van der Waals surface area contributed by atoms with E-state index in [1.54, 1.807) is 0 Å². The van der Waals surface area contributed by atoms with Crippen molar-refractivity contribution in [2.24, 2.45) is 0 Å². The van der Waals surface area contributed by atoms with Gasteiger partial charge in [0.25, 0.3) is 0 Å². The van der Waals surface area contributed by atoms with Gasteiger partial charge in [-0.2, -0.15) is 0 Å². The molecule has 0 N–H and O–H groups in total. The topological polar surface area (TPSA) is 35.9 Å². The summed E-state index contributed by atoms with van der Waals surface area (Å²) < 4.78 is 11.3. The molecule has 39 heavy (non-hydrogen) atoms. The van der Waals surface area contributed by atoms with Crippen molar-refractivity contribution in [2.45, 2.75) is 12.8 Å². The van der Waals surface area contributed by atoms with Gasteiger partial charge in [0.1, 0.15) is 11.2 Å². The van der Waals surface area contributed by atoms with E-state index in [9.17, 15) is 0 Å². The zero-order valence-electron chi connectivity index (χ0n) is 21.1. The molecule has 1 aliphatic rings. The number of fused-ring (bicyclic) bond motifs is 10. The third-order valence-electron chi connectivity index (χ3n) is 8.22. The molecule has 4 aromatic heterocycles. The summed E-state index contributed by atoms with van der Waals surface area (Å²) in [4.78, 5) is 5.14. The number of aromatic nitrogens is 3. The molecule has 0 fully saturated rings. The first-order valence-electron chi connectivity index (χ1n) is 13.5. The lowest BCUT2D eigenvalue weighted by Gasteiger charge is -2.13. The van der Waals surface area contributed by atoms with Gasteiger partial charge in [-0.3, -0.25) is 4.57 Å². The molecule has 9 rings (SSSR count). The van der Waals surface area contributed by atoms with Gasteiger partial charge in [0.2, 0.25) is 0 Å². The Bertz CT molecular complexity index is 2340. The molecule has 4 heteroatoms. The van der Waals surface area contributed by atoms with E-state index < -0.39 is 0 Å². The number of hydrogen-bond donors (Lipinski definition) is 0. The normalized spacial score (nSPS) is 14.0. The van der Waals surface area contributed by atoms with E-state index in [0.717, 1.165) is 62.5 Å². The van der Waals surface area contributed by atoms with Crippen LogP contribution in [0.15, 0.2) is 120 Å². The SMILES string of the molecule is C1=CCCC(n2c3ccccc3c3c2ncc2c4ccccc4n(-c4cccc5c4oc4ccccc45)c23)=C1. The molecule has 0 saturated heterocycles. The van der Waals surface area contributed by atoms with Crippen LogP contribution in [0.1, 0.15) is 12.8 Å². The third kappa shape index (κ3) is 2.75. The summed E-state index contributed by atoms with van der Waals surface area (Å²) in [6.07, 6.45) is 10.7. The van der Waals surface area contributed by atoms with Crippen LogP contribution in [0.3, 0.4) is 0 Å². The van der Waals surface area contributed by atoms with E-state index in [2.05, 4.69) is 112 Å². The van der Waals surface area contributed by atoms with Crippen molar-refractivity contribution in [1.82, 2.24) is 14.1 Å². The van der Waals surface area contributed by atoms with Crippen molar-refractivity contribution in [2.75, 3.05) is 0 Å². The second-order valence-corrected chi connectivity index (χ2v) is 10.3. The van der Waals surface area contributed by atoms with E-state index in [1.807, 2.05) is 12.1 Å². The summed E-state index contributed by atoms with van der Waals surface area (Å²) in [5.41, 5.74) is 8.61. The van der Waals surface area contributed by atoms with Gasteiger partial charge in [-0.15, -0.1) is 0 Å². The summed E-state index contributed by atoms with van der Waals surface area (Å²) in [5, 5.41) is 6.97. The van der Waals surface area contributed by atoms with E-state index in [1.165, 1.54) is 27.4 Å². The number of nitrogens with zero attached hydrogens (tertiary/aromatic N) is 3. The molecule has 0 amide bonds. The molecule has 0 bridgehead atoms. The Morgan fingerprint density at radius 3 is 2.26 bits per heavy atom. The Hall–Kier alpha value is -5.09. The van der Waals surface area contributed by atoms with Gasteiger partial charge in [-0.05, 0) is 43.2 Å². The van der Waals surface area contributed by atoms with Gasteiger partial charge >= 0.3 is 0 Å². The average molecular weight is 502 g/mol. The first-order valence-corrected chi connectivity index (χ1v) is 13.5. The standard InChI is InChI=1S/C35H23N3O/c1-2-11-22(12-3-1)37-29-18-8-5-15-26(29)32-33-27(21-36-35(32)37)23-13-4-7-17-28(23)38(33)30-19-10-16-25-24-14-6-9-20-31(24)39-34(25)30/h1-2,4-11,13-21H,3,12H2. The predicted octanol–water partition coefficient (Wildman–Crippen LogP) is 9.38. The van der Waals surface area contributed by atoms with Gasteiger partial charge < -0.3 is 8.98 Å². The van der Waals surface area contributed by atoms with Gasteiger partial charge in [0.05, 0.1) is 27.6 Å². The molecular formula is C35H23N3O. The van der Waals surface area contributed by atoms with Crippen molar-refractivity contribution >= 4 is 71.4 Å². The lowest BCUT2D eigenvalue weighted by Crippen LogP contribution is -2.00. The fourth-order valence-corrected chi connectivity index (χ4v) is 6.58. The highest BCUT2D eigenvalue weighted by Crippen LogP contribution is 2.43. The molecule has 0 radical (unpaired) electrons. The Balaban J connectivity index is 1.52. The summed E-state index contributed by atoms with van der Waals surface area (Å²) in [7, 11) is 0. The summed E-state index contributed by atoms with van der Waals surface area (Å²) in [5.74, 6) is 0. The average Bonchev–Trinajstić information content (AvgIpc) is 3.65. The highest BCUT2D eigenvalue weighted by atomic mass is 16.3. The quantitative estimate of drug-likeness (QED) is 0.236. The first kappa shape index (κ1) is 20.9. The van der Waals surface area contributed by atoms with E-state index >= 15 is 0 Å². The van der Waals surface area contributed by atoms with E-state index in [0.29, 0.717) is 0 Å². The van der Waals surface area contributed by atoms with Crippen LogP contribution in [0.5, 0.6) is 0 Å². The predicted molar refractivity (Wildman–Crippen MR) is 162 cm³/mol. The lowest BCUT2D eigenvalue weighted by molar-refractivity contribution is 0.666. The maximum atomic E-state index is 6.55.